The van der Waals surface area contributed by atoms with Crippen LogP contribution in [0, 0.1) is 19.3 Å². The Labute approximate surface area is 119 Å². The van der Waals surface area contributed by atoms with E-state index in [0.717, 1.165) is 11.1 Å². The molecule has 20 heavy (non-hydrogen) atoms. The minimum absolute atomic E-state index is 0.0503. The Hall–Kier alpha value is -2.28. The third kappa shape index (κ3) is 5.15. The molecule has 1 rings (SSSR count). The number of nitrogens with one attached hydrogen (secondary N) is 1. The molecule has 106 valence electrons. The first-order valence-corrected chi connectivity index (χ1v) is 6.41. The Morgan fingerprint density at radius 3 is 2.45 bits per heavy atom. The summed E-state index contributed by atoms with van der Waals surface area (Å²) < 4.78 is 5.03. The highest BCUT2D eigenvalue weighted by atomic mass is 16.5. The molecule has 4 heteroatoms. The van der Waals surface area contributed by atoms with E-state index in [2.05, 4.69) is 11.2 Å². The summed E-state index contributed by atoms with van der Waals surface area (Å²) in [5.41, 5.74) is 1.97. The number of benzene rings is 1. The third-order valence-corrected chi connectivity index (χ3v) is 2.77. The second kappa shape index (κ2) is 7.34. The van der Waals surface area contributed by atoms with Crippen LogP contribution >= 0.6 is 0 Å². The van der Waals surface area contributed by atoms with Gasteiger partial charge in [0.1, 0.15) is 0 Å². The molecular weight excluding hydrogens is 254 g/mol. The average molecular weight is 273 g/mol. The van der Waals surface area contributed by atoms with Crippen LogP contribution in [-0.4, -0.2) is 18.0 Å². The maximum atomic E-state index is 11.8. The lowest BCUT2D eigenvalue weighted by Crippen LogP contribution is -2.29. The Morgan fingerprint density at radius 2 is 1.95 bits per heavy atom. The molecular formula is C16H19NO3. The van der Waals surface area contributed by atoms with Crippen molar-refractivity contribution < 1.29 is 14.3 Å². The van der Waals surface area contributed by atoms with Crippen LogP contribution in [0.15, 0.2) is 24.3 Å². The Balaban J connectivity index is 2.80. The molecule has 0 heterocycles. The smallest absolute Gasteiger partial charge is 0.309 e. The van der Waals surface area contributed by atoms with E-state index in [1.54, 1.807) is 6.92 Å². The van der Waals surface area contributed by atoms with E-state index in [-0.39, 0.29) is 12.3 Å². The number of terminal acetylenes is 1. The maximum Gasteiger partial charge on any atom is 0.309 e. The first kappa shape index (κ1) is 15.8. The summed E-state index contributed by atoms with van der Waals surface area (Å²) in [6.45, 7) is 5.01. The first-order chi connectivity index (χ1) is 9.42. The van der Waals surface area contributed by atoms with Crippen LogP contribution in [-0.2, 0) is 14.3 Å². The second-order valence-corrected chi connectivity index (χ2v) is 4.67. The van der Waals surface area contributed by atoms with Crippen LogP contribution in [0.3, 0.4) is 0 Å². The molecule has 1 N–H and O–H groups in total. The lowest BCUT2D eigenvalue weighted by Gasteiger charge is -2.18. The van der Waals surface area contributed by atoms with Gasteiger partial charge < -0.3 is 10.1 Å². The highest BCUT2D eigenvalue weighted by Crippen LogP contribution is 2.18. The molecule has 0 unspecified atom stereocenters. The molecule has 1 amide bonds. The maximum absolute atomic E-state index is 11.8. The number of hydrogen-bond acceptors (Lipinski definition) is 3. The fraction of sp³-hybridized carbons (Fsp3) is 0.375. The number of carbonyl (C=O) groups is 2. The van der Waals surface area contributed by atoms with Gasteiger partial charge in [0.05, 0.1) is 12.5 Å². The number of carbonyl (C=O) groups excluding carboxylic acids is 2. The average Bonchev–Trinajstić information content (AvgIpc) is 2.38. The largest absolute Gasteiger partial charge is 0.449 e. The molecule has 0 aliphatic heterocycles. The van der Waals surface area contributed by atoms with Gasteiger partial charge in [-0.05, 0) is 19.4 Å². The van der Waals surface area contributed by atoms with Crippen molar-refractivity contribution in [3.05, 3.63) is 35.4 Å². The van der Waals surface area contributed by atoms with Crippen molar-refractivity contribution in [2.45, 2.75) is 39.3 Å². The molecule has 0 aliphatic carbocycles. The summed E-state index contributed by atoms with van der Waals surface area (Å²) in [6, 6.07) is 7.21. The minimum Gasteiger partial charge on any atom is -0.449 e. The molecule has 0 saturated carbocycles. The number of rotatable bonds is 5. The Morgan fingerprint density at radius 1 is 1.35 bits per heavy atom. The standard InChI is InChI=1S/C16H19NO3/c1-5-12(3)20-16(19)10-15(17-13(4)18)14-8-6-11(2)7-9-14/h1,6-9,12,15H,10H2,2-4H3,(H,17,18)/t12-,15+/m0/s1. The molecule has 0 saturated heterocycles. The SMILES string of the molecule is C#C[C@H](C)OC(=O)C[C@@H](NC(C)=O)c1ccc(C)cc1. The monoisotopic (exact) mass is 273 g/mol. The van der Waals surface area contributed by atoms with Gasteiger partial charge in [-0.15, -0.1) is 6.42 Å². The molecule has 1 aromatic rings. The highest BCUT2D eigenvalue weighted by molar-refractivity contribution is 5.76. The van der Waals surface area contributed by atoms with Crippen molar-refractivity contribution in [1.82, 2.24) is 5.32 Å². The van der Waals surface area contributed by atoms with E-state index >= 15 is 0 Å². The van der Waals surface area contributed by atoms with Gasteiger partial charge in [-0.3, -0.25) is 9.59 Å². The molecule has 2 atom stereocenters. The zero-order chi connectivity index (χ0) is 15.1. The van der Waals surface area contributed by atoms with Crippen molar-refractivity contribution in [2.24, 2.45) is 0 Å². The van der Waals surface area contributed by atoms with Crippen molar-refractivity contribution in [2.75, 3.05) is 0 Å². The first-order valence-electron chi connectivity index (χ1n) is 6.41. The van der Waals surface area contributed by atoms with E-state index in [9.17, 15) is 9.59 Å². The molecule has 4 nitrogen and oxygen atoms in total. The zero-order valence-electron chi connectivity index (χ0n) is 12.0. The van der Waals surface area contributed by atoms with Crippen molar-refractivity contribution in [1.29, 1.82) is 0 Å². The van der Waals surface area contributed by atoms with Crippen LogP contribution in [0.25, 0.3) is 0 Å². The van der Waals surface area contributed by atoms with Crippen LogP contribution in [0.1, 0.15) is 37.4 Å². The lowest BCUT2D eigenvalue weighted by molar-refractivity contribution is -0.146. The van der Waals surface area contributed by atoms with Crippen molar-refractivity contribution in [3.8, 4) is 12.3 Å². The van der Waals surface area contributed by atoms with E-state index in [0.29, 0.717) is 0 Å². The van der Waals surface area contributed by atoms with Gasteiger partial charge in [-0.2, -0.15) is 0 Å². The number of amides is 1. The third-order valence-electron chi connectivity index (χ3n) is 2.77. The van der Waals surface area contributed by atoms with Crippen LogP contribution in [0.2, 0.25) is 0 Å². The molecule has 0 bridgehead atoms. The minimum atomic E-state index is -0.571. The molecule has 0 aliphatic rings. The van der Waals surface area contributed by atoms with Gasteiger partial charge >= 0.3 is 5.97 Å². The zero-order valence-corrected chi connectivity index (χ0v) is 12.0. The van der Waals surface area contributed by atoms with E-state index < -0.39 is 18.1 Å². The number of ether oxygens (including phenoxy) is 1. The summed E-state index contributed by atoms with van der Waals surface area (Å²) >= 11 is 0. The number of hydrogen-bond donors (Lipinski definition) is 1. The van der Waals surface area contributed by atoms with Crippen LogP contribution in [0.4, 0.5) is 0 Å². The van der Waals surface area contributed by atoms with Crippen molar-refractivity contribution in [3.63, 3.8) is 0 Å². The molecule has 0 fully saturated rings. The lowest BCUT2D eigenvalue weighted by atomic mass is 10.0. The van der Waals surface area contributed by atoms with Gasteiger partial charge in [0.15, 0.2) is 6.10 Å². The molecule has 0 radical (unpaired) electrons. The van der Waals surface area contributed by atoms with Gasteiger partial charge in [0.25, 0.3) is 0 Å². The fourth-order valence-corrected chi connectivity index (χ4v) is 1.74. The summed E-state index contributed by atoms with van der Waals surface area (Å²) in [5, 5.41) is 2.75. The summed E-state index contributed by atoms with van der Waals surface area (Å²) in [6.07, 6.45) is 4.64. The fourth-order valence-electron chi connectivity index (χ4n) is 1.74. The predicted octanol–water partition coefficient (Wildman–Crippen LogP) is 2.13. The van der Waals surface area contributed by atoms with Gasteiger partial charge in [0.2, 0.25) is 5.91 Å². The normalized spacial score (nSPS) is 12.9. The second-order valence-electron chi connectivity index (χ2n) is 4.67. The Kier molecular flexibility index (Phi) is 5.79. The van der Waals surface area contributed by atoms with E-state index in [1.807, 2.05) is 31.2 Å². The quantitative estimate of drug-likeness (QED) is 0.660. The van der Waals surface area contributed by atoms with Gasteiger partial charge in [-0.1, -0.05) is 35.7 Å². The van der Waals surface area contributed by atoms with E-state index in [4.69, 9.17) is 11.2 Å². The molecule has 0 aromatic heterocycles. The summed E-state index contributed by atoms with van der Waals surface area (Å²) in [7, 11) is 0. The van der Waals surface area contributed by atoms with Crippen molar-refractivity contribution >= 4 is 11.9 Å². The highest BCUT2D eigenvalue weighted by Gasteiger charge is 2.19. The summed E-state index contributed by atoms with van der Waals surface area (Å²) in [5.74, 6) is 1.69. The number of aryl methyl sites for hydroxylation is 1. The van der Waals surface area contributed by atoms with Crippen LogP contribution < -0.4 is 5.32 Å². The number of esters is 1. The Bertz CT molecular complexity index is 514. The van der Waals surface area contributed by atoms with E-state index in [1.165, 1.54) is 6.92 Å². The topological polar surface area (TPSA) is 55.4 Å². The molecule has 1 aromatic carbocycles. The molecule has 0 spiro atoms. The van der Waals surface area contributed by atoms with Gasteiger partial charge in [0, 0.05) is 6.92 Å². The van der Waals surface area contributed by atoms with Gasteiger partial charge in [-0.25, -0.2) is 0 Å². The van der Waals surface area contributed by atoms with Crippen LogP contribution in [0.5, 0.6) is 0 Å². The predicted molar refractivity (Wildman–Crippen MR) is 76.7 cm³/mol. The summed E-state index contributed by atoms with van der Waals surface area (Å²) in [4.78, 5) is 23.0.